The second kappa shape index (κ2) is 38.5. The number of aromatic hydroxyl groups is 2. The average Bonchev–Trinajstić information content (AvgIpc) is 1.45. The molecule has 5 aliphatic rings. The van der Waals surface area contributed by atoms with Crippen LogP contribution in [0.2, 0.25) is 0 Å². The molecule has 5 aromatic rings. The van der Waals surface area contributed by atoms with Crippen LogP contribution in [-0.4, -0.2) is 223 Å². The van der Waals surface area contributed by atoms with Gasteiger partial charge in [0.05, 0.1) is 131 Å². The summed E-state index contributed by atoms with van der Waals surface area (Å²) in [7, 11) is 0. The van der Waals surface area contributed by atoms with Crippen LogP contribution in [0.15, 0.2) is 103 Å². The van der Waals surface area contributed by atoms with Gasteiger partial charge in [-0.3, -0.25) is 19.3 Å². The number of anilines is 1. The topological polar surface area (TPSA) is 294 Å². The summed E-state index contributed by atoms with van der Waals surface area (Å²) in [6.07, 6.45) is 6.98. The van der Waals surface area contributed by atoms with Gasteiger partial charge in [0.1, 0.15) is 46.1 Å². The van der Waals surface area contributed by atoms with E-state index in [4.69, 9.17) is 69.1 Å². The fourth-order valence-corrected chi connectivity index (χ4v) is 13.4. The number of thiocarbonyl (C=S) groups is 1. The highest BCUT2D eigenvalue weighted by Crippen LogP contribution is 2.57. The molecule has 1 saturated carbocycles. The minimum absolute atomic E-state index is 0.0190. The van der Waals surface area contributed by atoms with Crippen LogP contribution in [0, 0.1) is 5.92 Å². The molecule has 542 valence electrons. The summed E-state index contributed by atoms with van der Waals surface area (Å²) >= 11 is 5.49. The van der Waals surface area contributed by atoms with Crippen LogP contribution < -0.4 is 30.7 Å². The van der Waals surface area contributed by atoms with Gasteiger partial charge < -0.3 is 98.3 Å². The van der Waals surface area contributed by atoms with E-state index in [1.807, 2.05) is 29.2 Å². The number of esters is 1. The number of rotatable bonds is 41. The molecule has 0 radical (unpaired) electrons. The number of carbonyl (C=O) groups is 4. The van der Waals surface area contributed by atoms with Crippen molar-refractivity contribution in [3.05, 3.63) is 137 Å². The van der Waals surface area contributed by atoms with Crippen molar-refractivity contribution in [3.8, 4) is 34.5 Å². The number of phenolic OH excluding ortho intramolecular Hbond substituents is 2. The van der Waals surface area contributed by atoms with Gasteiger partial charge in [0.25, 0.3) is 5.91 Å². The number of hydrogen-bond donors (Lipinski definition) is 7. The summed E-state index contributed by atoms with van der Waals surface area (Å²) in [5, 5.41) is 44.1. The Morgan fingerprint density at radius 2 is 1.11 bits per heavy atom. The van der Waals surface area contributed by atoms with Gasteiger partial charge in [-0.05, 0) is 129 Å². The van der Waals surface area contributed by atoms with E-state index in [9.17, 15) is 34.5 Å². The van der Waals surface area contributed by atoms with Gasteiger partial charge in [-0.1, -0.05) is 50.8 Å². The monoisotopic (exact) mass is 1400 g/mol. The molecule has 4 aliphatic heterocycles. The highest BCUT2D eigenvalue weighted by atomic mass is 32.1. The van der Waals surface area contributed by atoms with Crippen LogP contribution in [0.4, 0.5) is 5.69 Å². The lowest BCUT2D eigenvalue weighted by molar-refractivity contribution is -0.166. The first-order valence-electron chi connectivity index (χ1n) is 35.0. The molecule has 7 N–H and O–H groups in total. The molecule has 5 aromatic carbocycles. The van der Waals surface area contributed by atoms with E-state index in [1.54, 1.807) is 54.6 Å². The van der Waals surface area contributed by atoms with Gasteiger partial charge in [-0.2, -0.15) is 0 Å². The normalized spacial score (nSPS) is 17.2. The van der Waals surface area contributed by atoms with Gasteiger partial charge in [-0.15, -0.1) is 0 Å². The Morgan fingerprint density at radius 1 is 0.620 bits per heavy atom. The molecule has 0 unspecified atom stereocenters. The van der Waals surface area contributed by atoms with E-state index in [2.05, 4.69) is 33.1 Å². The predicted octanol–water partition coefficient (Wildman–Crippen LogP) is 7.73. The van der Waals surface area contributed by atoms with Gasteiger partial charge in [0.2, 0.25) is 11.8 Å². The Hall–Kier alpha value is -7.57. The Kier molecular flexibility index (Phi) is 28.9. The Labute approximate surface area is 589 Å². The molecule has 1 aliphatic carbocycles. The predicted molar refractivity (Wildman–Crippen MR) is 373 cm³/mol. The molecule has 2 atom stereocenters. The highest BCUT2D eigenvalue weighted by Gasteiger charge is 2.56. The van der Waals surface area contributed by atoms with Crippen molar-refractivity contribution < 1.29 is 91.3 Å². The first-order valence-corrected chi connectivity index (χ1v) is 35.4. The van der Waals surface area contributed by atoms with Crippen molar-refractivity contribution in [2.75, 3.05) is 157 Å². The largest absolute Gasteiger partial charge is 0.508 e. The van der Waals surface area contributed by atoms with Gasteiger partial charge in [0.15, 0.2) is 10.7 Å². The summed E-state index contributed by atoms with van der Waals surface area (Å²) in [6.45, 7) is 12.9. The number of phenols is 2. The molecule has 2 spiro atoms. The minimum Gasteiger partial charge on any atom is -0.508 e. The molecule has 2 saturated heterocycles. The molecule has 0 bridgehead atoms. The van der Waals surface area contributed by atoms with Gasteiger partial charge in [0, 0.05) is 79.3 Å². The zero-order chi connectivity index (χ0) is 69.9. The number of amides is 3. The second-order valence-electron chi connectivity index (χ2n) is 25.2. The molecule has 0 aromatic heterocycles. The quantitative estimate of drug-likeness (QED) is 0.0112. The van der Waals surface area contributed by atoms with E-state index in [0.717, 1.165) is 50.5 Å². The zero-order valence-electron chi connectivity index (χ0n) is 57.1. The van der Waals surface area contributed by atoms with Crippen molar-refractivity contribution in [2.45, 2.75) is 94.5 Å². The number of aliphatic hydroxyl groups excluding tert-OH is 1. The number of piperazine rings is 1. The van der Waals surface area contributed by atoms with Crippen LogP contribution in [0.1, 0.15) is 108 Å². The Morgan fingerprint density at radius 3 is 1.63 bits per heavy atom. The van der Waals surface area contributed by atoms with E-state index in [0.29, 0.717) is 233 Å². The summed E-state index contributed by atoms with van der Waals surface area (Å²) in [6, 6.07) is 28.5. The van der Waals surface area contributed by atoms with Crippen molar-refractivity contribution in [1.82, 2.24) is 25.8 Å². The van der Waals surface area contributed by atoms with E-state index in [-0.39, 0.29) is 35.1 Å². The van der Waals surface area contributed by atoms with Crippen molar-refractivity contribution in [1.29, 1.82) is 0 Å². The number of benzene rings is 5. The third-order valence-electron chi connectivity index (χ3n) is 18.4. The lowest BCUT2D eigenvalue weighted by Gasteiger charge is -2.52. The number of likely N-dealkylation sites (tertiary alicyclic amines) is 1. The van der Waals surface area contributed by atoms with Crippen LogP contribution in [0.3, 0.4) is 0 Å². The number of carbonyl (C=O) groups excluding carboxylic acids is 4. The van der Waals surface area contributed by atoms with Crippen molar-refractivity contribution in [3.63, 3.8) is 0 Å². The third kappa shape index (κ3) is 20.4. The fourth-order valence-electron chi connectivity index (χ4n) is 13.2. The minimum atomic E-state index is -1.35. The molecule has 3 fully saturated rings. The number of unbranched alkanes of at least 4 members (excludes halogenated alkanes) is 1. The summed E-state index contributed by atoms with van der Waals surface area (Å²) in [5.41, 5.74) is 1.96. The standard InChI is InChI=1S/C74H96N6O19S/c1-2-3-27-80-69(85)66(67(83)53-7-5-4-6-8-53)78-71(87)73(80)23-28-79(29-24-73)51-52-9-16-58(17-10-52)97-59-18-11-54(12-19-59)68(84)75-25-30-88-32-34-90-36-38-92-40-42-94-44-46-96-47-45-95-43-41-93-39-37-91-35-33-89-31-26-76-72(100)77-55-13-20-61-60(48-55)70(86)99-74(61)62-21-14-56(81)49-64(62)98-65-50-57(82)15-22-63(65)74/h9-22,48-50,53,66-67,81-83H,2-8,23-47,51H2,1H3,(H,75,84)(H,78,87)(H2,76,77,100)/t66-,67-/m1/s1. The maximum Gasteiger partial charge on any atom is 0.340 e. The van der Waals surface area contributed by atoms with Gasteiger partial charge in [-0.25, -0.2) is 4.79 Å². The Bertz CT molecular complexity index is 3390. The number of ether oxygens (including phenoxy) is 12. The SMILES string of the molecule is CCCCN1C(=O)[C@@H]([C@H](O)C2CCCCC2)NC(=O)C12CCN(Cc1ccc(Oc3ccc(C(=O)NCCOCCOCCOCCOCCOCCOCCOCCOCCOCCNC(=S)Nc4ccc5c(c4)C(=O)OC54c5ccc(O)cc5Oc5cc(O)ccc54)cc3)cc1)CC2. The fraction of sp³-hybridized carbons (Fsp3) is 0.527. The van der Waals surface area contributed by atoms with Crippen LogP contribution in [-0.2, 0) is 69.1 Å². The smallest absolute Gasteiger partial charge is 0.340 e. The number of nitrogens with zero attached hydrogens (tertiary/aromatic N) is 2. The summed E-state index contributed by atoms with van der Waals surface area (Å²) < 4.78 is 68.5. The van der Waals surface area contributed by atoms with E-state index >= 15 is 0 Å². The molecule has 26 heteroatoms. The highest BCUT2D eigenvalue weighted by molar-refractivity contribution is 7.80. The first-order chi connectivity index (χ1) is 48.8. The van der Waals surface area contributed by atoms with Crippen LogP contribution >= 0.6 is 12.2 Å². The maximum absolute atomic E-state index is 14.0. The van der Waals surface area contributed by atoms with Crippen molar-refractivity contribution >= 4 is 46.7 Å². The number of aliphatic hydroxyl groups is 1. The third-order valence-corrected chi connectivity index (χ3v) is 18.7. The van der Waals surface area contributed by atoms with Crippen molar-refractivity contribution in [2.24, 2.45) is 5.92 Å². The van der Waals surface area contributed by atoms with E-state index < -0.39 is 29.3 Å². The zero-order valence-corrected chi connectivity index (χ0v) is 57.9. The molecular weight excluding hydrogens is 1310 g/mol. The molecule has 3 amide bonds. The number of fused-ring (bicyclic) bond motifs is 6. The first kappa shape index (κ1) is 75.1. The van der Waals surface area contributed by atoms with Crippen LogP contribution in [0.25, 0.3) is 0 Å². The van der Waals surface area contributed by atoms with Crippen LogP contribution in [0.5, 0.6) is 34.5 Å². The number of nitrogens with one attached hydrogen (secondary N) is 4. The summed E-state index contributed by atoms with van der Waals surface area (Å²) in [4.78, 5) is 58.3. The molecule has 100 heavy (non-hydrogen) atoms. The lowest BCUT2D eigenvalue weighted by Crippen LogP contribution is -2.75. The summed E-state index contributed by atoms with van der Waals surface area (Å²) in [5.74, 6) is 0.863. The molecule has 4 heterocycles. The lowest BCUT2D eigenvalue weighted by atomic mass is 9.77. The molecule has 10 rings (SSSR count). The average molecular weight is 1410 g/mol. The maximum atomic E-state index is 14.0. The molecule has 25 nitrogen and oxygen atoms in total. The van der Waals surface area contributed by atoms with Gasteiger partial charge >= 0.3 is 5.97 Å². The van der Waals surface area contributed by atoms with E-state index in [1.165, 1.54) is 24.3 Å². The number of piperidine rings is 1. The Balaban J connectivity index is 0.462. The number of hydrogen-bond acceptors (Lipinski definition) is 21. The molecular formula is C74H96N6O19S. The second-order valence-corrected chi connectivity index (χ2v) is 25.6.